The number of amides is 1. The van der Waals surface area contributed by atoms with E-state index < -0.39 is 5.97 Å². The number of Topliss-reactive ketones (excluding diaryl/α,β-unsaturated/α-hetero) is 1. The predicted octanol–water partition coefficient (Wildman–Crippen LogP) is 4.22. The highest BCUT2D eigenvalue weighted by Gasteiger charge is 2.20. The topological polar surface area (TPSA) is 77.4 Å². The summed E-state index contributed by atoms with van der Waals surface area (Å²) < 4.78 is 20.4. The number of nitrogens with one attached hydrogen (secondary N) is 1. The lowest BCUT2D eigenvalue weighted by molar-refractivity contribution is -0.116. The Morgan fingerprint density at radius 3 is 2.56 bits per heavy atom. The molecule has 2 heterocycles. The molecule has 3 aromatic rings. The SMILES string of the molecule is Cc1cc(C(=O)COC(=O)c2ccc3c(c2)CCC(=O)N3)c(C)n1Cc1ccc(F)cc1. The third-order valence-electron chi connectivity index (χ3n) is 5.70. The molecule has 0 aliphatic carbocycles. The van der Waals surface area contributed by atoms with Crippen molar-refractivity contribution in [3.8, 4) is 0 Å². The van der Waals surface area contributed by atoms with E-state index in [9.17, 15) is 18.8 Å². The van der Waals surface area contributed by atoms with Crippen molar-refractivity contribution >= 4 is 23.3 Å². The van der Waals surface area contributed by atoms with Gasteiger partial charge >= 0.3 is 5.97 Å². The van der Waals surface area contributed by atoms with Crippen LogP contribution in [0.4, 0.5) is 10.1 Å². The Morgan fingerprint density at radius 1 is 1.06 bits per heavy atom. The molecule has 1 aromatic heterocycles. The maximum atomic E-state index is 13.2. The number of aromatic nitrogens is 1. The molecule has 164 valence electrons. The summed E-state index contributed by atoms with van der Waals surface area (Å²) in [5, 5.41) is 2.77. The highest BCUT2D eigenvalue weighted by atomic mass is 19.1. The molecule has 1 aliphatic rings. The maximum absolute atomic E-state index is 13.2. The van der Waals surface area contributed by atoms with Gasteiger partial charge in [-0.05, 0) is 67.8 Å². The van der Waals surface area contributed by atoms with Gasteiger partial charge in [0.05, 0.1) is 5.56 Å². The van der Waals surface area contributed by atoms with Crippen LogP contribution in [0.15, 0.2) is 48.5 Å². The van der Waals surface area contributed by atoms with Crippen molar-refractivity contribution in [3.05, 3.63) is 88.0 Å². The summed E-state index contributed by atoms with van der Waals surface area (Å²) in [4.78, 5) is 36.7. The summed E-state index contributed by atoms with van der Waals surface area (Å²) in [7, 11) is 0. The Labute approximate surface area is 185 Å². The van der Waals surface area contributed by atoms with Gasteiger partial charge in [-0.1, -0.05) is 12.1 Å². The first-order valence-corrected chi connectivity index (χ1v) is 10.4. The van der Waals surface area contributed by atoms with Gasteiger partial charge < -0.3 is 14.6 Å². The van der Waals surface area contributed by atoms with Crippen LogP contribution in [0.3, 0.4) is 0 Å². The fraction of sp³-hybridized carbons (Fsp3) is 0.240. The third-order valence-corrected chi connectivity index (χ3v) is 5.70. The lowest BCUT2D eigenvalue weighted by Crippen LogP contribution is -2.20. The van der Waals surface area contributed by atoms with Gasteiger partial charge in [0.15, 0.2) is 6.61 Å². The first kappa shape index (κ1) is 21.5. The van der Waals surface area contributed by atoms with Crippen LogP contribution in [0, 0.1) is 19.7 Å². The van der Waals surface area contributed by atoms with E-state index in [1.54, 1.807) is 36.4 Å². The quantitative estimate of drug-likeness (QED) is 0.466. The molecule has 0 fully saturated rings. The number of anilines is 1. The molecule has 0 spiro atoms. The molecular formula is C25H23FN2O4. The summed E-state index contributed by atoms with van der Waals surface area (Å²) in [6.45, 7) is 3.87. The van der Waals surface area contributed by atoms with E-state index in [1.807, 2.05) is 18.4 Å². The molecule has 2 aromatic carbocycles. The number of fused-ring (bicyclic) bond motifs is 1. The van der Waals surface area contributed by atoms with E-state index in [-0.39, 0.29) is 24.1 Å². The van der Waals surface area contributed by atoms with Gasteiger partial charge in [-0.25, -0.2) is 9.18 Å². The van der Waals surface area contributed by atoms with Crippen molar-refractivity contribution in [2.75, 3.05) is 11.9 Å². The number of benzene rings is 2. The van der Waals surface area contributed by atoms with Crippen LogP contribution in [0.25, 0.3) is 0 Å². The van der Waals surface area contributed by atoms with Gasteiger partial charge in [-0.15, -0.1) is 0 Å². The van der Waals surface area contributed by atoms with E-state index in [2.05, 4.69) is 5.32 Å². The highest BCUT2D eigenvalue weighted by molar-refractivity contribution is 6.01. The molecule has 0 saturated heterocycles. The molecule has 1 N–H and O–H groups in total. The molecule has 4 rings (SSSR count). The zero-order valence-corrected chi connectivity index (χ0v) is 17.9. The molecule has 32 heavy (non-hydrogen) atoms. The van der Waals surface area contributed by atoms with E-state index >= 15 is 0 Å². The van der Waals surface area contributed by atoms with E-state index in [1.165, 1.54) is 12.1 Å². The number of esters is 1. The van der Waals surface area contributed by atoms with Crippen LogP contribution in [-0.4, -0.2) is 28.8 Å². The summed E-state index contributed by atoms with van der Waals surface area (Å²) in [5.74, 6) is -1.22. The second kappa shape index (κ2) is 8.78. The Bertz CT molecular complexity index is 1210. The molecule has 0 bridgehead atoms. The van der Waals surface area contributed by atoms with Crippen molar-refractivity contribution in [1.29, 1.82) is 0 Å². The minimum Gasteiger partial charge on any atom is -0.454 e. The summed E-state index contributed by atoms with van der Waals surface area (Å²) in [6, 6.07) is 12.9. The minimum atomic E-state index is -0.585. The molecular weight excluding hydrogens is 411 g/mol. The predicted molar refractivity (Wildman–Crippen MR) is 117 cm³/mol. The monoisotopic (exact) mass is 434 g/mol. The van der Waals surface area contributed by atoms with E-state index in [4.69, 9.17) is 4.74 Å². The highest BCUT2D eigenvalue weighted by Crippen LogP contribution is 2.24. The lowest BCUT2D eigenvalue weighted by atomic mass is 10.0. The van der Waals surface area contributed by atoms with Crippen LogP contribution < -0.4 is 5.32 Å². The number of ketones is 1. The number of rotatable bonds is 6. The van der Waals surface area contributed by atoms with Gasteiger partial charge in [-0.3, -0.25) is 9.59 Å². The van der Waals surface area contributed by atoms with Gasteiger partial charge in [-0.2, -0.15) is 0 Å². The lowest BCUT2D eigenvalue weighted by Gasteiger charge is -2.17. The fourth-order valence-electron chi connectivity index (χ4n) is 3.90. The first-order valence-electron chi connectivity index (χ1n) is 10.4. The zero-order valence-electron chi connectivity index (χ0n) is 17.9. The van der Waals surface area contributed by atoms with Crippen LogP contribution in [-0.2, 0) is 22.5 Å². The smallest absolute Gasteiger partial charge is 0.338 e. The van der Waals surface area contributed by atoms with Crippen LogP contribution >= 0.6 is 0 Å². The molecule has 1 amide bonds. The first-order chi connectivity index (χ1) is 15.3. The number of carbonyl (C=O) groups excluding carboxylic acids is 3. The standard InChI is InChI=1S/C25H23FN2O4/c1-15-11-21(16(2)28(15)13-17-3-7-20(26)8-4-17)23(29)14-32-25(31)19-5-9-22-18(12-19)6-10-24(30)27-22/h3-5,7-9,11-12H,6,10,13-14H2,1-2H3,(H,27,30). The van der Waals surface area contributed by atoms with Gasteiger partial charge in [0, 0.05) is 35.6 Å². The molecule has 7 heteroatoms. The van der Waals surface area contributed by atoms with Gasteiger partial charge in [0.1, 0.15) is 5.82 Å². The summed E-state index contributed by atoms with van der Waals surface area (Å²) in [5.41, 5.74) is 4.97. The van der Waals surface area contributed by atoms with Crippen molar-refractivity contribution < 1.29 is 23.5 Å². The Hall–Kier alpha value is -3.74. The van der Waals surface area contributed by atoms with Crippen LogP contribution in [0.2, 0.25) is 0 Å². The molecule has 0 radical (unpaired) electrons. The van der Waals surface area contributed by atoms with Crippen molar-refractivity contribution in [1.82, 2.24) is 4.57 Å². The Kier molecular flexibility index (Phi) is 5.90. The van der Waals surface area contributed by atoms with E-state index in [0.29, 0.717) is 36.2 Å². The number of aryl methyl sites for hydroxylation is 2. The average Bonchev–Trinajstić information content (AvgIpc) is 3.06. The van der Waals surface area contributed by atoms with Gasteiger partial charge in [0.25, 0.3) is 0 Å². The van der Waals surface area contributed by atoms with Crippen molar-refractivity contribution in [2.24, 2.45) is 0 Å². The molecule has 6 nitrogen and oxygen atoms in total. The second-order valence-electron chi connectivity index (χ2n) is 7.92. The zero-order chi connectivity index (χ0) is 22.8. The number of carbonyl (C=O) groups is 3. The number of hydrogen-bond acceptors (Lipinski definition) is 4. The minimum absolute atomic E-state index is 0.0459. The molecule has 0 saturated carbocycles. The largest absolute Gasteiger partial charge is 0.454 e. The van der Waals surface area contributed by atoms with E-state index in [0.717, 1.165) is 22.5 Å². The number of nitrogens with zero attached hydrogens (tertiary/aromatic N) is 1. The summed E-state index contributed by atoms with van der Waals surface area (Å²) in [6.07, 6.45) is 0.929. The van der Waals surface area contributed by atoms with Crippen molar-refractivity contribution in [2.45, 2.75) is 33.2 Å². The van der Waals surface area contributed by atoms with Gasteiger partial charge in [0.2, 0.25) is 11.7 Å². The van der Waals surface area contributed by atoms with Crippen molar-refractivity contribution in [3.63, 3.8) is 0 Å². The number of halogens is 1. The summed E-state index contributed by atoms with van der Waals surface area (Å²) >= 11 is 0. The number of ether oxygens (including phenoxy) is 1. The normalized spacial score (nSPS) is 12.8. The maximum Gasteiger partial charge on any atom is 0.338 e. The number of hydrogen-bond donors (Lipinski definition) is 1. The third kappa shape index (κ3) is 4.46. The molecule has 1 aliphatic heterocycles. The van der Waals surface area contributed by atoms with Crippen LogP contribution in [0.1, 0.15) is 49.7 Å². The molecule has 0 unspecified atom stereocenters. The second-order valence-corrected chi connectivity index (χ2v) is 7.92. The van der Waals surface area contributed by atoms with Crippen LogP contribution in [0.5, 0.6) is 0 Å². The Morgan fingerprint density at radius 2 is 1.81 bits per heavy atom. The molecule has 0 atom stereocenters. The Balaban J connectivity index is 1.42. The average molecular weight is 434 g/mol. The fourth-order valence-corrected chi connectivity index (χ4v) is 3.90.